The van der Waals surface area contributed by atoms with Crippen molar-refractivity contribution in [2.45, 2.75) is 20.1 Å². The second-order valence-electron chi connectivity index (χ2n) is 6.23. The smallest absolute Gasteiger partial charge is 0.388 e. The zero-order chi connectivity index (χ0) is 21.8. The summed E-state index contributed by atoms with van der Waals surface area (Å²) in [6, 6.07) is 12.4. The number of benzene rings is 1. The topological polar surface area (TPSA) is 108 Å². The van der Waals surface area contributed by atoms with Gasteiger partial charge in [0.25, 0.3) is 5.91 Å². The van der Waals surface area contributed by atoms with E-state index in [0.717, 1.165) is 10.6 Å². The third-order valence-electron chi connectivity index (χ3n) is 4.10. The van der Waals surface area contributed by atoms with Crippen LogP contribution >= 0.6 is 11.3 Å². The van der Waals surface area contributed by atoms with Crippen LogP contribution in [-0.4, -0.2) is 42.7 Å². The maximum atomic E-state index is 12.4. The fourth-order valence-corrected chi connectivity index (χ4v) is 3.47. The predicted octanol–water partition coefficient (Wildman–Crippen LogP) is 3.02. The number of carbonyl (C=O) groups excluding carboxylic acids is 1. The minimum atomic E-state index is -2.96. The van der Waals surface area contributed by atoms with Crippen molar-refractivity contribution in [1.29, 1.82) is 0 Å². The number of nitrogens with one attached hydrogen (secondary N) is 1. The number of aromatic nitrogens is 6. The van der Waals surface area contributed by atoms with Crippen LogP contribution in [0.15, 0.2) is 48.7 Å². The van der Waals surface area contributed by atoms with E-state index in [-0.39, 0.29) is 18.1 Å². The van der Waals surface area contributed by atoms with Gasteiger partial charge in [0.2, 0.25) is 5.88 Å². The second-order valence-corrected chi connectivity index (χ2v) is 7.29. The molecule has 1 aromatic carbocycles. The molecule has 1 N–H and O–H groups in total. The molecule has 0 unspecified atom stereocenters. The summed E-state index contributed by atoms with van der Waals surface area (Å²) in [6.07, 6.45) is 1.42. The summed E-state index contributed by atoms with van der Waals surface area (Å²) in [5, 5.41) is 20.1. The number of alkyl halides is 2. The van der Waals surface area contributed by atoms with Crippen molar-refractivity contribution in [2.75, 3.05) is 0 Å². The lowest BCUT2D eigenvalue weighted by Gasteiger charge is -2.07. The molecule has 0 saturated heterocycles. The van der Waals surface area contributed by atoms with E-state index in [9.17, 15) is 13.6 Å². The monoisotopic (exact) mass is 443 g/mol. The average molecular weight is 443 g/mol. The molecule has 4 rings (SSSR count). The summed E-state index contributed by atoms with van der Waals surface area (Å²) in [6.45, 7) is -1.16. The lowest BCUT2D eigenvalue weighted by molar-refractivity contribution is -0.0529. The Morgan fingerprint density at radius 3 is 2.71 bits per heavy atom. The van der Waals surface area contributed by atoms with E-state index < -0.39 is 12.5 Å². The van der Waals surface area contributed by atoms with Gasteiger partial charge < -0.3 is 10.1 Å². The van der Waals surface area contributed by atoms with E-state index in [1.54, 1.807) is 6.92 Å². The summed E-state index contributed by atoms with van der Waals surface area (Å²) in [5.41, 5.74) is 1.90. The van der Waals surface area contributed by atoms with E-state index in [4.69, 9.17) is 0 Å². The van der Waals surface area contributed by atoms with Crippen molar-refractivity contribution in [3.63, 3.8) is 0 Å². The molecular formula is C19H15F2N7O2S. The molecule has 0 aliphatic heterocycles. The highest BCUT2D eigenvalue weighted by Crippen LogP contribution is 2.23. The number of carbonyl (C=O) groups is 1. The standard InChI is InChI=1S/C19H15F2N7O2S/c1-11-14(7-8-15(23-11)30-19(20)21)28-10-13(24-27-28)17(29)22-9-16-25-26-18(31-16)12-5-3-2-4-6-12/h2-8,10,19H,9H2,1H3,(H,22,29). The van der Waals surface area contributed by atoms with Crippen molar-refractivity contribution in [3.8, 4) is 22.1 Å². The van der Waals surface area contributed by atoms with Crippen molar-refractivity contribution < 1.29 is 18.3 Å². The Morgan fingerprint density at radius 2 is 1.97 bits per heavy atom. The van der Waals surface area contributed by atoms with Crippen LogP contribution in [-0.2, 0) is 6.54 Å². The van der Waals surface area contributed by atoms with Gasteiger partial charge in [-0.25, -0.2) is 9.67 Å². The number of aryl methyl sites for hydroxylation is 1. The molecule has 0 spiro atoms. The van der Waals surface area contributed by atoms with Crippen molar-refractivity contribution in [2.24, 2.45) is 0 Å². The van der Waals surface area contributed by atoms with Gasteiger partial charge in [-0.3, -0.25) is 4.79 Å². The van der Waals surface area contributed by atoms with Crippen LogP contribution in [0.4, 0.5) is 8.78 Å². The van der Waals surface area contributed by atoms with Gasteiger partial charge in [-0.15, -0.1) is 15.3 Å². The molecule has 3 aromatic heterocycles. The van der Waals surface area contributed by atoms with Gasteiger partial charge in [-0.1, -0.05) is 46.9 Å². The summed E-state index contributed by atoms with van der Waals surface area (Å²) < 4.78 is 30.2. The van der Waals surface area contributed by atoms with Gasteiger partial charge in [-0.2, -0.15) is 8.78 Å². The van der Waals surface area contributed by atoms with E-state index in [2.05, 4.69) is 35.5 Å². The largest absolute Gasteiger partial charge is 0.417 e. The number of pyridine rings is 1. The maximum absolute atomic E-state index is 12.4. The molecule has 9 nitrogen and oxygen atoms in total. The molecular weight excluding hydrogens is 428 g/mol. The highest BCUT2D eigenvalue weighted by atomic mass is 32.1. The van der Waals surface area contributed by atoms with Crippen molar-refractivity contribution >= 4 is 17.2 Å². The van der Waals surface area contributed by atoms with Crippen LogP contribution in [0.1, 0.15) is 21.2 Å². The minimum absolute atomic E-state index is 0.0834. The number of rotatable bonds is 7. The third kappa shape index (κ3) is 4.86. The summed E-state index contributed by atoms with van der Waals surface area (Å²) in [7, 11) is 0. The molecule has 1 amide bonds. The van der Waals surface area contributed by atoms with Gasteiger partial charge in [0.1, 0.15) is 10.0 Å². The molecule has 31 heavy (non-hydrogen) atoms. The molecule has 12 heteroatoms. The van der Waals surface area contributed by atoms with Crippen LogP contribution in [0.5, 0.6) is 5.88 Å². The fraction of sp³-hybridized carbons (Fsp3) is 0.158. The van der Waals surface area contributed by atoms with Crippen molar-refractivity contribution in [3.05, 3.63) is 65.1 Å². The van der Waals surface area contributed by atoms with Gasteiger partial charge >= 0.3 is 6.61 Å². The van der Waals surface area contributed by atoms with Gasteiger partial charge in [0, 0.05) is 11.6 Å². The number of halogens is 2. The number of amides is 1. The van der Waals surface area contributed by atoms with E-state index in [1.807, 2.05) is 30.3 Å². The number of hydrogen-bond acceptors (Lipinski definition) is 8. The Morgan fingerprint density at radius 1 is 1.16 bits per heavy atom. The molecule has 0 fully saturated rings. The summed E-state index contributed by atoms with van der Waals surface area (Å²) >= 11 is 1.38. The zero-order valence-corrected chi connectivity index (χ0v) is 16.9. The molecule has 0 aliphatic rings. The highest BCUT2D eigenvalue weighted by Gasteiger charge is 2.15. The number of hydrogen-bond donors (Lipinski definition) is 1. The Kier molecular flexibility index (Phi) is 5.89. The number of ether oxygens (including phenoxy) is 1. The normalized spacial score (nSPS) is 11.0. The van der Waals surface area contributed by atoms with E-state index >= 15 is 0 Å². The van der Waals surface area contributed by atoms with Gasteiger partial charge in [0.05, 0.1) is 24.1 Å². The van der Waals surface area contributed by atoms with Crippen LogP contribution in [0.25, 0.3) is 16.3 Å². The van der Waals surface area contributed by atoms with Crippen LogP contribution in [0, 0.1) is 6.92 Å². The molecule has 0 atom stereocenters. The molecule has 158 valence electrons. The maximum Gasteiger partial charge on any atom is 0.388 e. The number of nitrogens with zero attached hydrogens (tertiary/aromatic N) is 6. The first-order valence-electron chi connectivity index (χ1n) is 9.01. The molecule has 0 bridgehead atoms. The third-order valence-corrected chi connectivity index (χ3v) is 5.08. The zero-order valence-electron chi connectivity index (χ0n) is 16.1. The predicted molar refractivity (Wildman–Crippen MR) is 107 cm³/mol. The fourth-order valence-electron chi connectivity index (χ4n) is 2.68. The average Bonchev–Trinajstić information content (AvgIpc) is 3.42. The first kappa shape index (κ1) is 20.5. The van der Waals surface area contributed by atoms with Crippen LogP contribution < -0.4 is 10.1 Å². The summed E-state index contributed by atoms with van der Waals surface area (Å²) in [5.74, 6) is -0.646. The minimum Gasteiger partial charge on any atom is -0.417 e. The first-order chi connectivity index (χ1) is 15.0. The van der Waals surface area contributed by atoms with Crippen molar-refractivity contribution in [1.82, 2.24) is 35.5 Å². The SMILES string of the molecule is Cc1nc(OC(F)F)ccc1-n1cc(C(=O)NCc2nnc(-c3ccccc3)s2)nn1. The Hall–Kier alpha value is -3.80. The van der Waals surface area contributed by atoms with E-state index in [1.165, 1.54) is 34.3 Å². The van der Waals surface area contributed by atoms with Gasteiger partial charge in [-0.05, 0) is 13.0 Å². The van der Waals surface area contributed by atoms with Crippen LogP contribution in [0.3, 0.4) is 0 Å². The molecule has 0 radical (unpaired) electrons. The molecule has 4 aromatic rings. The lowest BCUT2D eigenvalue weighted by atomic mass is 10.2. The Labute approximate surface area is 178 Å². The quantitative estimate of drug-likeness (QED) is 0.468. The Bertz CT molecular complexity index is 1200. The molecule has 0 aliphatic carbocycles. The molecule has 3 heterocycles. The second kappa shape index (κ2) is 8.92. The highest BCUT2D eigenvalue weighted by molar-refractivity contribution is 7.14. The first-order valence-corrected chi connectivity index (χ1v) is 9.82. The van der Waals surface area contributed by atoms with Gasteiger partial charge in [0.15, 0.2) is 5.69 Å². The Balaban J connectivity index is 1.40. The summed E-state index contributed by atoms with van der Waals surface area (Å²) in [4.78, 5) is 16.4. The van der Waals surface area contributed by atoms with Crippen LogP contribution in [0.2, 0.25) is 0 Å². The van der Waals surface area contributed by atoms with E-state index in [0.29, 0.717) is 16.4 Å². The molecule has 0 saturated carbocycles. The lowest BCUT2D eigenvalue weighted by Crippen LogP contribution is -2.23.